The van der Waals surface area contributed by atoms with E-state index in [0.717, 1.165) is 30.9 Å². The molecule has 1 fully saturated rings. The SMILES string of the molecule is Fc1ccc(CN2CC(CBr)C2)cc1. The van der Waals surface area contributed by atoms with Crippen LogP contribution in [0.4, 0.5) is 4.39 Å². The van der Waals surface area contributed by atoms with Crippen LogP contribution in [0, 0.1) is 11.7 Å². The van der Waals surface area contributed by atoms with Crippen molar-refractivity contribution in [1.29, 1.82) is 0 Å². The van der Waals surface area contributed by atoms with Crippen molar-refractivity contribution in [3.05, 3.63) is 35.6 Å². The van der Waals surface area contributed by atoms with Crippen LogP contribution in [0.25, 0.3) is 0 Å². The molecule has 1 nitrogen and oxygen atoms in total. The van der Waals surface area contributed by atoms with Gasteiger partial charge in [-0.1, -0.05) is 28.1 Å². The van der Waals surface area contributed by atoms with Crippen molar-refractivity contribution in [1.82, 2.24) is 4.90 Å². The second-order valence-electron chi connectivity index (χ2n) is 3.84. The molecule has 0 bridgehead atoms. The predicted octanol–water partition coefficient (Wildman–Crippen LogP) is 2.65. The number of alkyl halides is 1. The number of hydrogen-bond donors (Lipinski definition) is 0. The maximum Gasteiger partial charge on any atom is 0.123 e. The van der Waals surface area contributed by atoms with E-state index in [0.29, 0.717) is 0 Å². The first-order valence-electron chi connectivity index (χ1n) is 4.80. The van der Waals surface area contributed by atoms with Crippen LogP contribution >= 0.6 is 15.9 Å². The Kier molecular flexibility index (Phi) is 3.19. The van der Waals surface area contributed by atoms with Crippen molar-refractivity contribution in [2.45, 2.75) is 6.54 Å². The number of rotatable bonds is 3. The van der Waals surface area contributed by atoms with Gasteiger partial charge in [0.2, 0.25) is 0 Å². The number of hydrogen-bond acceptors (Lipinski definition) is 1. The van der Waals surface area contributed by atoms with Gasteiger partial charge in [0.15, 0.2) is 0 Å². The average Bonchev–Trinajstić information content (AvgIpc) is 2.13. The molecule has 1 aromatic carbocycles. The fraction of sp³-hybridized carbons (Fsp3) is 0.455. The summed E-state index contributed by atoms with van der Waals surface area (Å²) in [5.74, 6) is 0.645. The van der Waals surface area contributed by atoms with Crippen molar-refractivity contribution < 1.29 is 4.39 Å². The highest BCUT2D eigenvalue weighted by molar-refractivity contribution is 9.09. The Morgan fingerprint density at radius 1 is 1.29 bits per heavy atom. The lowest BCUT2D eigenvalue weighted by Gasteiger charge is -2.38. The zero-order chi connectivity index (χ0) is 9.97. The van der Waals surface area contributed by atoms with Crippen LogP contribution in [-0.4, -0.2) is 23.3 Å². The Morgan fingerprint density at radius 3 is 2.50 bits per heavy atom. The standard InChI is InChI=1S/C11H13BrFN/c12-5-10-7-14(8-10)6-9-1-3-11(13)4-2-9/h1-4,10H,5-8H2. The first-order valence-corrected chi connectivity index (χ1v) is 5.93. The Labute approximate surface area is 92.0 Å². The largest absolute Gasteiger partial charge is 0.298 e. The van der Waals surface area contributed by atoms with Gasteiger partial charge < -0.3 is 0 Å². The van der Waals surface area contributed by atoms with E-state index in [9.17, 15) is 4.39 Å². The third kappa shape index (κ3) is 2.34. The smallest absolute Gasteiger partial charge is 0.123 e. The number of nitrogens with zero attached hydrogens (tertiary/aromatic N) is 1. The molecule has 0 radical (unpaired) electrons. The lowest BCUT2D eigenvalue weighted by Crippen LogP contribution is -2.46. The normalized spacial score (nSPS) is 18.1. The molecule has 0 saturated carbocycles. The summed E-state index contributed by atoms with van der Waals surface area (Å²) in [4.78, 5) is 2.37. The van der Waals surface area contributed by atoms with E-state index in [1.807, 2.05) is 12.1 Å². The number of likely N-dealkylation sites (tertiary alicyclic amines) is 1. The van der Waals surface area contributed by atoms with Gasteiger partial charge in [-0.3, -0.25) is 4.90 Å². The third-order valence-electron chi connectivity index (χ3n) is 2.57. The van der Waals surface area contributed by atoms with E-state index in [-0.39, 0.29) is 5.82 Å². The van der Waals surface area contributed by atoms with Gasteiger partial charge in [0.25, 0.3) is 0 Å². The van der Waals surface area contributed by atoms with Crippen LogP contribution in [-0.2, 0) is 6.54 Å². The third-order valence-corrected chi connectivity index (χ3v) is 3.49. The van der Waals surface area contributed by atoms with Crippen LogP contribution in [0.3, 0.4) is 0 Å². The van der Waals surface area contributed by atoms with Gasteiger partial charge >= 0.3 is 0 Å². The van der Waals surface area contributed by atoms with Gasteiger partial charge in [-0.05, 0) is 23.6 Å². The van der Waals surface area contributed by atoms with Gasteiger partial charge in [0.1, 0.15) is 5.82 Å². The van der Waals surface area contributed by atoms with Crippen LogP contribution in [0.1, 0.15) is 5.56 Å². The monoisotopic (exact) mass is 257 g/mol. The van der Waals surface area contributed by atoms with E-state index in [1.165, 1.54) is 17.7 Å². The van der Waals surface area contributed by atoms with Gasteiger partial charge in [-0.15, -0.1) is 0 Å². The minimum absolute atomic E-state index is 0.157. The van der Waals surface area contributed by atoms with Gasteiger partial charge in [0.05, 0.1) is 0 Å². The van der Waals surface area contributed by atoms with E-state index >= 15 is 0 Å². The van der Waals surface area contributed by atoms with Crippen molar-refractivity contribution in [3.8, 4) is 0 Å². The van der Waals surface area contributed by atoms with Crippen molar-refractivity contribution in [2.24, 2.45) is 5.92 Å². The molecule has 0 atom stereocenters. The molecule has 2 rings (SSSR count). The van der Waals surface area contributed by atoms with Crippen LogP contribution < -0.4 is 0 Å². The van der Waals surface area contributed by atoms with Crippen molar-refractivity contribution in [2.75, 3.05) is 18.4 Å². The highest BCUT2D eigenvalue weighted by Gasteiger charge is 2.24. The Morgan fingerprint density at radius 2 is 1.93 bits per heavy atom. The quantitative estimate of drug-likeness (QED) is 0.753. The van der Waals surface area contributed by atoms with Crippen LogP contribution in [0.5, 0.6) is 0 Å². The van der Waals surface area contributed by atoms with Crippen molar-refractivity contribution >= 4 is 15.9 Å². The van der Waals surface area contributed by atoms with Crippen molar-refractivity contribution in [3.63, 3.8) is 0 Å². The molecule has 76 valence electrons. The molecule has 0 aromatic heterocycles. The summed E-state index contributed by atoms with van der Waals surface area (Å²) in [7, 11) is 0. The molecule has 1 aliphatic rings. The Hall–Kier alpha value is -0.410. The summed E-state index contributed by atoms with van der Waals surface area (Å²) in [5, 5.41) is 1.09. The predicted molar refractivity (Wildman–Crippen MR) is 59.0 cm³/mol. The molecule has 3 heteroatoms. The molecule has 14 heavy (non-hydrogen) atoms. The molecule has 1 aliphatic heterocycles. The van der Waals surface area contributed by atoms with E-state index in [1.54, 1.807) is 0 Å². The highest BCUT2D eigenvalue weighted by atomic mass is 79.9. The summed E-state index contributed by atoms with van der Waals surface area (Å²) in [6.45, 7) is 3.26. The fourth-order valence-electron chi connectivity index (χ4n) is 1.75. The molecule has 0 N–H and O–H groups in total. The average molecular weight is 258 g/mol. The van der Waals surface area contributed by atoms with E-state index < -0.39 is 0 Å². The molecule has 1 heterocycles. The number of halogens is 2. The fourth-order valence-corrected chi connectivity index (χ4v) is 2.16. The maximum absolute atomic E-state index is 12.6. The first-order chi connectivity index (χ1) is 6.78. The molecule has 0 aliphatic carbocycles. The molecule has 1 saturated heterocycles. The molecular formula is C11H13BrFN. The minimum Gasteiger partial charge on any atom is -0.298 e. The zero-order valence-corrected chi connectivity index (χ0v) is 9.50. The summed E-state index contributed by atoms with van der Waals surface area (Å²) >= 11 is 3.47. The maximum atomic E-state index is 12.6. The first kappa shape index (κ1) is 10.1. The molecular weight excluding hydrogens is 245 g/mol. The number of benzene rings is 1. The van der Waals surface area contributed by atoms with Gasteiger partial charge in [-0.25, -0.2) is 4.39 Å². The van der Waals surface area contributed by atoms with E-state index in [2.05, 4.69) is 20.8 Å². The minimum atomic E-state index is -0.157. The highest BCUT2D eigenvalue weighted by Crippen LogP contribution is 2.20. The molecule has 0 spiro atoms. The van der Waals surface area contributed by atoms with Crippen LogP contribution in [0.2, 0.25) is 0 Å². The van der Waals surface area contributed by atoms with E-state index in [4.69, 9.17) is 0 Å². The lowest BCUT2D eigenvalue weighted by molar-refractivity contribution is 0.108. The van der Waals surface area contributed by atoms with Gasteiger partial charge in [-0.2, -0.15) is 0 Å². The molecule has 0 amide bonds. The summed E-state index contributed by atoms with van der Waals surface area (Å²) in [6.07, 6.45) is 0. The van der Waals surface area contributed by atoms with Crippen LogP contribution in [0.15, 0.2) is 24.3 Å². The second-order valence-corrected chi connectivity index (χ2v) is 4.49. The summed E-state index contributed by atoms with van der Waals surface area (Å²) < 4.78 is 12.6. The molecule has 0 unspecified atom stereocenters. The Balaban J connectivity index is 1.84. The Bertz CT molecular complexity index is 293. The summed E-state index contributed by atoms with van der Waals surface area (Å²) in [6, 6.07) is 6.77. The second kappa shape index (κ2) is 4.41. The summed E-state index contributed by atoms with van der Waals surface area (Å²) in [5.41, 5.74) is 1.19. The lowest BCUT2D eigenvalue weighted by atomic mass is 10.0. The molecule has 1 aromatic rings. The topological polar surface area (TPSA) is 3.24 Å². The zero-order valence-electron chi connectivity index (χ0n) is 7.92. The van der Waals surface area contributed by atoms with Gasteiger partial charge in [0, 0.05) is 25.0 Å².